The van der Waals surface area contributed by atoms with Gasteiger partial charge in [0.25, 0.3) is 0 Å². The molecule has 1 aliphatic heterocycles. The number of carbonyl (C=O) groups excluding carboxylic acids is 2. The molecule has 0 radical (unpaired) electrons. The third kappa shape index (κ3) is 7.89. The number of benzene rings is 2. The second kappa shape index (κ2) is 13.9. The number of ether oxygens (including phenoxy) is 1. The number of nitrogens with zero attached hydrogens (tertiary/aromatic N) is 5. The van der Waals surface area contributed by atoms with Crippen LogP contribution in [0.1, 0.15) is 51.2 Å². The lowest BCUT2D eigenvalue weighted by molar-refractivity contribution is -0.146. The molecule has 10 heteroatoms. The van der Waals surface area contributed by atoms with E-state index in [1.807, 2.05) is 69.3 Å². The second-order valence-electron chi connectivity index (χ2n) is 9.27. The molecule has 0 spiro atoms. The highest BCUT2D eigenvalue weighted by molar-refractivity contribution is 6.06. The van der Waals surface area contributed by atoms with Crippen LogP contribution in [0.4, 0.5) is 5.69 Å². The lowest BCUT2D eigenvalue weighted by Crippen LogP contribution is -2.34. The number of carbonyl (C=O) groups is 2. The van der Waals surface area contributed by atoms with Gasteiger partial charge in [-0.25, -0.2) is 4.99 Å². The summed E-state index contributed by atoms with van der Waals surface area (Å²) in [4.78, 5) is 42.3. The largest absolute Gasteiger partial charge is 0.463 e. The summed E-state index contributed by atoms with van der Waals surface area (Å²) in [6, 6.07) is 13.5. The molecular formula is C28H34N6O4. The van der Waals surface area contributed by atoms with E-state index in [1.165, 1.54) is 0 Å². The lowest BCUT2D eigenvalue weighted by Gasteiger charge is -2.23. The van der Waals surface area contributed by atoms with Gasteiger partial charge in [0.2, 0.25) is 5.91 Å². The minimum atomic E-state index is -0.260. The highest BCUT2D eigenvalue weighted by Gasteiger charge is 2.22. The van der Waals surface area contributed by atoms with Gasteiger partial charge in [0.05, 0.1) is 24.8 Å². The van der Waals surface area contributed by atoms with Crippen LogP contribution in [-0.2, 0) is 20.7 Å². The number of fused-ring (bicyclic) bond motifs is 1. The number of hydrogen-bond acceptors (Lipinski definition) is 8. The molecule has 2 N–H and O–H groups in total. The molecule has 0 fully saturated rings. The van der Waals surface area contributed by atoms with E-state index in [9.17, 15) is 14.5 Å². The van der Waals surface area contributed by atoms with Gasteiger partial charge in [-0.2, -0.15) is 4.91 Å². The Kier molecular flexibility index (Phi) is 10.4. The highest BCUT2D eigenvalue weighted by Crippen LogP contribution is 2.33. The van der Waals surface area contributed by atoms with Crippen molar-refractivity contribution in [3.63, 3.8) is 0 Å². The molecule has 1 amide bonds. The van der Waals surface area contributed by atoms with Gasteiger partial charge in [-0.15, -0.1) is 5.11 Å². The van der Waals surface area contributed by atoms with Crippen LogP contribution >= 0.6 is 0 Å². The number of hydrogen-bond donors (Lipinski definition) is 1. The predicted molar refractivity (Wildman–Crippen MR) is 148 cm³/mol. The molecule has 1 heterocycles. The van der Waals surface area contributed by atoms with E-state index in [0.29, 0.717) is 36.6 Å². The number of amidine groups is 1. The molecule has 1 aliphatic rings. The molecule has 2 aromatic carbocycles. The van der Waals surface area contributed by atoms with Crippen molar-refractivity contribution in [2.75, 3.05) is 19.6 Å². The summed E-state index contributed by atoms with van der Waals surface area (Å²) in [5, 5.41) is 10.3. The van der Waals surface area contributed by atoms with Crippen molar-refractivity contribution in [3.8, 4) is 11.1 Å². The summed E-state index contributed by atoms with van der Waals surface area (Å²) >= 11 is 0. The van der Waals surface area contributed by atoms with Gasteiger partial charge in [-0.05, 0) is 55.5 Å². The molecule has 0 aliphatic carbocycles. The maximum atomic E-state index is 13.4. The predicted octanol–water partition coefficient (Wildman–Crippen LogP) is 5.39. The molecule has 0 saturated carbocycles. The van der Waals surface area contributed by atoms with Crippen LogP contribution in [-0.4, -0.2) is 48.4 Å². The van der Waals surface area contributed by atoms with Crippen LogP contribution in [0.25, 0.3) is 17.2 Å². The van der Waals surface area contributed by atoms with Crippen LogP contribution in [0.15, 0.2) is 68.5 Å². The van der Waals surface area contributed by atoms with E-state index in [1.54, 1.807) is 4.90 Å². The molecule has 200 valence electrons. The molecule has 38 heavy (non-hydrogen) atoms. The van der Waals surface area contributed by atoms with E-state index in [0.717, 1.165) is 28.7 Å². The molecule has 0 saturated heterocycles. The third-order valence-electron chi connectivity index (χ3n) is 5.87. The lowest BCUT2D eigenvalue weighted by atomic mass is 9.99. The number of amides is 1. The topological polar surface area (TPSA) is 139 Å². The van der Waals surface area contributed by atoms with Crippen LogP contribution in [0.2, 0.25) is 0 Å². The Balaban J connectivity index is 1.89. The second-order valence-corrected chi connectivity index (χ2v) is 9.27. The van der Waals surface area contributed by atoms with Gasteiger partial charge >= 0.3 is 5.97 Å². The van der Waals surface area contributed by atoms with Crippen molar-refractivity contribution in [1.29, 1.82) is 0 Å². The molecule has 2 aromatic rings. The Morgan fingerprint density at radius 3 is 2.50 bits per heavy atom. The average Bonchev–Trinajstić information content (AvgIpc) is 3.06. The monoisotopic (exact) mass is 518 g/mol. The Labute approximate surface area is 222 Å². The standard InChI is InChI=1S/C28H34N6O4/c1-4-13-34(14-5-12-30-37)28(36)24-16-23-11-10-22(17-25(23)31-26(18-24)32-33-29)21-8-6-20(7-9-21)15-27(35)38-19(2)3/h6-11,16-17,19H,4-5,12-15,18H2,1-3H3,(H2,29,31,32). The summed E-state index contributed by atoms with van der Waals surface area (Å²) in [6.07, 6.45) is 3.36. The quantitative estimate of drug-likeness (QED) is 0.106. The zero-order chi connectivity index (χ0) is 27.5. The first-order chi connectivity index (χ1) is 18.3. The van der Waals surface area contributed by atoms with E-state index < -0.39 is 0 Å². The van der Waals surface area contributed by atoms with Crippen molar-refractivity contribution < 1.29 is 14.3 Å². The normalized spacial score (nSPS) is 12.9. The Bertz CT molecular complexity index is 1230. The van der Waals surface area contributed by atoms with Gasteiger partial charge < -0.3 is 15.5 Å². The summed E-state index contributed by atoms with van der Waals surface area (Å²) in [6.45, 7) is 6.82. The fourth-order valence-electron chi connectivity index (χ4n) is 4.19. The third-order valence-corrected chi connectivity index (χ3v) is 5.87. The van der Waals surface area contributed by atoms with Crippen molar-refractivity contribution in [2.45, 2.75) is 52.6 Å². The molecule has 0 atom stereocenters. The average molecular weight is 519 g/mol. The highest BCUT2D eigenvalue weighted by atomic mass is 16.5. The number of aliphatic imine (C=N–C) groups is 1. The summed E-state index contributed by atoms with van der Waals surface area (Å²) in [7, 11) is 0. The minimum absolute atomic E-state index is 0.138. The summed E-state index contributed by atoms with van der Waals surface area (Å²) in [5.74, 6) is 5.25. The van der Waals surface area contributed by atoms with Crippen LogP contribution in [0.5, 0.6) is 0 Å². The SMILES string of the molecule is CCCN(CCCN=O)C(=O)C1=Cc2ccc(-c3ccc(CC(=O)OC(C)C)cc3)cc2N=C(N=NN)C1. The number of nitroso groups, excluding NO2 is 1. The molecule has 0 unspecified atom stereocenters. The smallest absolute Gasteiger partial charge is 0.310 e. The number of rotatable bonds is 11. The van der Waals surface area contributed by atoms with Crippen molar-refractivity contribution in [1.82, 2.24) is 4.90 Å². The van der Waals surface area contributed by atoms with E-state index in [-0.39, 0.29) is 37.4 Å². The molecular weight excluding hydrogens is 484 g/mol. The first-order valence-electron chi connectivity index (χ1n) is 12.7. The fourth-order valence-corrected chi connectivity index (χ4v) is 4.19. The maximum absolute atomic E-state index is 13.4. The van der Waals surface area contributed by atoms with Crippen molar-refractivity contribution in [2.24, 2.45) is 26.3 Å². The zero-order valence-electron chi connectivity index (χ0n) is 22.1. The summed E-state index contributed by atoms with van der Waals surface area (Å²) < 4.78 is 5.22. The fraction of sp³-hybridized carbons (Fsp3) is 0.393. The number of esters is 1. The molecule has 10 nitrogen and oxygen atoms in total. The van der Waals surface area contributed by atoms with Gasteiger partial charge in [0.15, 0.2) is 5.84 Å². The van der Waals surface area contributed by atoms with Crippen molar-refractivity contribution in [3.05, 3.63) is 64.1 Å². The molecule has 3 rings (SSSR count). The van der Waals surface area contributed by atoms with E-state index in [4.69, 9.17) is 10.6 Å². The molecule has 0 bridgehead atoms. The Morgan fingerprint density at radius 2 is 1.84 bits per heavy atom. The molecule has 0 aromatic heterocycles. The first kappa shape index (κ1) is 28.4. The zero-order valence-corrected chi connectivity index (χ0v) is 22.1. The Morgan fingerprint density at radius 1 is 1.11 bits per heavy atom. The van der Waals surface area contributed by atoms with Gasteiger partial charge in [-0.1, -0.05) is 53.7 Å². The van der Waals surface area contributed by atoms with E-state index >= 15 is 0 Å². The van der Waals surface area contributed by atoms with Crippen LogP contribution in [0.3, 0.4) is 0 Å². The van der Waals surface area contributed by atoms with Crippen molar-refractivity contribution >= 4 is 29.5 Å². The minimum Gasteiger partial charge on any atom is -0.463 e. The number of nitrogens with two attached hydrogens (primary N) is 1. The van der Waals surface area contributed by atoms with Crippen LogP contribution < -0.4 is 5.84 Å². The Hall–Kier alpha value is -4.21. The summed E-state index contributed by atoms with van der Waals surface area (Å²) in [5.41, 5.74) is 4.68. The van der Waals surface area contributed by atoms with Gasteiger partial charge in [-0.3, -0.25) is 9.59 Å². The van der Waals surface area contributed by atoms with Gasteiger partial charge in [0, 0.05) is 30.6 Å². The van der Waals surface area contributed by atoms with Gasteiger partial charge in [0.1, 0.15) is 0 Å². The van der Waals surface area contributed by atoms with E-state index in [2.05, 4.69) is 20.5 Å². The first-order valence-corrected chi connectivity index (χ1v) is 12.7. The van der Waals surface area contributed by atoms with Crippen LogP contribution in [0, 0.1) is 4.91 Å². The maximum Gasteiger partial charge on any atom is 0.310 e.